The van der Waals surface area contributed by atoms with E-state index in [1.165, 1.54) is 76.5 Å². The van der Waals surface area contributed by atoms with E-state index < -0.39 is 13.5 Å². The second-order valence-corrected chi connectivity index (χ2v) is 19.1. The molecule has 2 aliphatic rings. The van der Waals surface area contributed by atoms with Crippen LogP contribution in [0.3, 0.4) is 0 Å². The molecule has 0 bridgehead atoms. The van der Waals surface area contributed by atoms with Crippen LogP contribution in [0.4, 0.5) is 11.4 Å². The first-order valence-electron chi connectivity index (χ1n) is 16.4. The van der Waals surface area contributed by atoms with Crippen molar-refractivity contribution in [3.8, 4) is 0 Å². The van der Waals surface area contributed by atoms with Crippen molar-refractivity contribution in [3.63, 3.8) is 0 Å². The molecule has 5 aromatic carbocycles. The van der Waals surface area contributed by atoms with Gasteiger partial charge in [-0.2, -0.15) is 6.67 Å². The molecular weight excluding hydrogens is 723 g/mol. The van der Waals surface area contributed by atoms with E-state index in [4.69, 9.17) is 19.4 Å². The molecule has 7 rings (SSSR count). The summed E-state index contributed by atoms with van der Waals surface area (Å²) >= 11 is -1.61. The van der Waals surface area contributed by atoms with E-state index in [2.05, 4.69) is 132 Å². The van der Waals surface area contributed by atoms with Gasteiger partial charge in [-0.05, 0) is 91.0 Å². The van der Waals surface area contributed by atoms with Crippen molar-refractivity contribution in [3.05, 3.63) is 150 Å². The normalized spacial score (nSPS) is 15.5. The second kappa shape index (κ2) is 17.7. The van der Waals surface area contributed by atoms with Crippen LogP contribution in [0.1, 0.15) is 66.0 Å². The van der Waals surface area contributed by atoms with Crippen LogP contribution in [0.2, 0.25) is 0 Å². The van der Waals surface area contributed by atoms with Crippen LogP contribution in [0.15, 0.2) is 115 Å². The second-order valence-electron chi connectivity index (χ2n) is 12.4. The minimum absolute atomic E-state index is 0.277. The SMILES string of the molecule is Cc1ccccc1N(C)[CH-]N(c1ccccc1C)[C@H]1Cc2cccc3cccc1c23.PC1CCCCC1.[Cl][Ru]([Cl])=[CH]c1ccccc1. The number of para-hydroxylation sites is 2. The Morgan fingerprint density at radius 3 is 1.91 bits per heavy atom. The predicted molar refractivity (Wildman–Crippen MR) is 208 cm³/mol. The molecule has 2 aliphatic carbocycles. The van der Waals surface area contributed by atoms with Crippen molar-refractivity contribution in [2.75, 3.05) is 16.8 Å². The van der Waals surface area contributed by atoms with Crippen LogP contribution in [0.25, 0.3) is 10.8 Å². The van der Waals surface area contributed by atoms with Crippen LogP contribution in [-0.2, 0) is 19.9 Å². The van der Waals surface area contributed by atoms with Crippen molar-refractivity contribution in [2.45, 2.75) is 64.1 Å². The Balaban J connectivity index is 0.000000208. The summed E-state index contributed by atoms with van der Waals surface area (Å²) in [6.45, 7) is 6.65. The number of benzene rings is 5. The van der Waals surface area contributed by atoms with E-state index in [1.807, 2.05) is 34.9 Å². The molecule has 5 aromatic rings. The van der Waals surface area contributed by atoms with E-state index >= 15 is 0 Å². The molecule has 248 valence electrons. The maximum absolute atomic E-state index is 5.67. The quantitative estimate of drug-likeness (QED) is 0.0964. The van der Waals surface area contributed by atoms with Crippen LogP contribution >= 0.6 is 28.6 Å². The fourth-order valence-corrected chi connectivity index (χ4v) is 8.88. The summed E-state index contributed by atoms with van der Waals surface area (Å²) in [4.78, 5) is 4.72. The average molecular weight is 770 g/mol. The van der Waals surface area contributed by atoms with Crippen molar-refractivity contribution < 1.29 is 13.5 Å². The van der Waals surface area contributed by atoms with Crippen molar-refractivity contribution in [1.82, 2.24) is 0 Å². The molecule has 0 N–H and O–H groups in total. The number of nitrogens with zero attached hydrogens (tertiary/aromatic N) is 2. The fraction of sp³-hybridized carbons (Fsp3) is 0.268. The first-order chi connectivity index (χ1) is 22.8. The van der Waals surface area contributed by atoms with Crippen LogP contribution in [0.5, 0.6) is 0 Å². The van der Waals surface area contributed by atoms with E-state index in [9.17, 15) is 0 Å². The monoisotopic (exact) mass is 769 g/mol. The van der Waals surface area contributed by atoms with Gasteiger partial charge in [0.1, 0.15) is 0 Å². The maximum atomic E-state index is 5.67. The Bertz CT molecular complexity index is 1760. The predicted octanol–water partition coefficient (Wildman–Crippen LogP) is 11.8. The number of rotatable bonds is 6. The average Bonchev–Trinajstić information content (AvgIpc) is 3.45. The van der Waals surface area contributed by atoms with Gasteiger partial charge in [-0.1, -0.05) is 92.1 Å². The van der Waals surface area contributed by atoms with Gasteiger partial charge >= 0.3 is 73.4 Å². The molecule has 0 spiro atoms. The minimum atomic E-state index is -1.61. The van der Waals surface area contributed by atoms with E-state index in [0.29, 0.717) is 0 Å². The third-order valence-electron chi connectivity index (χ3n) is 8.96. The molecule has 0 aromatic heterocycles. The zero-order valence-corrected chi connectivity index (χ0v) is 32.0. The third-order valence-corrected chi connectivity index (χ3v) is 11.5. The van der Waals surface area contributed by atoms with Crippen LogP contribution < -0.4 is 9.80 Å². The van der Waals surface area contributed by atoms with Gasteiger partial charge in [-0.3, -0.25) is 0 Å². The number of halogens is 2. The molecule has 1 unspecified atom stereocenters. The van der Waals surface area contributed by atoms with Gasteiger partial charge in [-0.15, -0.1) is 9.24 Å². The van der Waals surface area contributed by atoms with Gasteiger partial charge in [-0.25, -0.2) is 0 Å². The molecule has 0 radical (unpaired) electrons. The zero-order valence-electron chi connectivity index (χ0n) is 27.6. The number of anilines is 2. The van der Waals surface area contributed by atoms with Crippen LogP contribution in [0, 0.1) is 20.5 Å². The van der Waals surface area contributed by atoms with Gasteiger partial charge in [0, 0.05) is 17.4 Å². The Hall–Kier alpha value is -2.54. The van der Waals surface area contributed by atoms with E-state index in [-0.39, 0.29) is 6.04 Å². The molecule has 1 saturated carbocycles. The standard InChI is InChI=1S/C28H27N2.C7H6.C6H13P.2ClH.Ru/c1-20-10-4-6-16-25(20)29(3)19-30(26-17-7-5-11-21(26)2)27-18-23-14-8-12-22-13-9-15-24(27)28(22)23;1-7-5-3-2-4-6-7;7-6-4-2-1-3-5-6;;;/h4-17,19,27H,18H2,1-3H3;1-6H;6H,1-5,7H2;2*1H;/q-1;;;;;+2/p-2/t27-;;;;;/m0...../s1. The number of hydrogen-bond acceptors (Lipinski definition) is 2. The number of aryl methyl sites for hydroxylation is 2. The van der Waals surface area contributed by atoms with Crippen LogP contribution in [-0.4, -0.2) is 17.3 Å². The molecule has 1 fully saturated rings. The van der Waals surface area contributed by atoms with Gasteiger partial charge in [0.15, 0.2) is 0 Å². The van der Waals surface area contributed by atoms with E-state index in [0.717, 1.165) is 17.6 Å². The molecule has 0 heterocycles. The first-order valence-corrected chi connectivity index (χ1v) is 22.6. The van der Waals surface area contributed by atoms with Crippen molar-refractivity contribution in [1.29, 1.82) is 0 Å². The topological polar surface area (TPSA) is 6.48 Å². The zero-order chi connectivity index (χ0) is 33.2. The van der Waals surface area contributed by atoms with Crippen molar-refractivity contribution >= 4 is 55.4 Å². The Labute approximate surface area is 297 Å². The molecule has 0 saturated heterocycles. The molecule has 2 atom stereocenters. The first kappa shape index (κ1) is 35.8. The molecule has 2 nitrogen and oxygen atoms in total. The summed E-state index contributed by atoms with van der Waals surface area (Å²) in [5.74, 6) is 0. The van der Waals surface area contributed by atoms with E-state index in [1.54, 1.807) is 0 Å². The summed E-state index contributed by atoms with van der Waals surface area (Å²) in [6.07, 6.45) is 8.33. The Kier molecular flexibility index (Phi) is 13.5. The third kappa shape index (κ3) is 9.77. The summed E-state index contributed by atoms with van der Waals surface area (Å²) in [7, 11) is 16.4. The van der Waals surface area contributed by atoms with Gasteiger partial charge < -0.3 is 9.80 Å². The summed E-state index contributed by atoms with van der Waals surface area (Å²) in [5, 5.41) is 2.76. The summed E-state index contributed by atoms with van der Waals surface area (Å²) in [6, 6.07) is 40.8. The molecule has 47 heavy (non-hydrogen) atoms. The molecule has 0 amide bonds. The summed E-state index contributed by atoms with van der Waals surface area (Å²) in [5.41, 5.74) is 9.98. The number of hydrogen-bond donors (Lipinski definition) is 0. The molecular formula is C41H46Cl2N2PRu-. The fourth-order valence-electron chi connectivity index (χ4n) is 6.58. The van der Waals surface area contributed by atoms with Gasteiger partial charge in [0.2, 0.25) is 0 Å². The Morgan fingerprint density at radius 1 is 0.723 bits per heavy atom. The summed E-state index contributed by atoms with van der Waals surface area (Å²) < 4.78 is 1.92. The molecule has 0 aliphatic heterocycles. The van der Waals surface area contributed by atoms with Gasteiger partial charge in [0.25, 0.3) is 0 Å². The Morgan fingerprint density at radius 2 is 1.32 bits per heavy atom. The molecule has 6 heteroatoms. The van der Waals surface area contributed by atoms with Gasteiger partial charge in [0.05, 0.1) is 0 Å². The van der Waals surface area contributed by atoms with Crippen molar-refractivity contribution in [2.24, 2.45) is 0 Å².